The number of likely N-dealkylation sites (tertiary alicyclic amines) is 1. The molecule has 22 heavy (non-hydrogen) atoms. The summed E-state index contributed by atoms with van der Waals surface area (Å²) >= 11 is 0. The number of rotatable bonds is 3. The molecule has 3 aliphatic rings. The highest BCUT2D eigenvalue weighted by atomic mass is 16.1. The first-order valence-electron chi connectivity index (χ1n) is 8.44. The van der Waals surface area contributed by atoms with Crippen LogP contribution in [0.15, 0.2) is 23.2 Å². The Morgan fingerprint density at radius 2 is 2.18 bits per heavy atom. The Morgan fingerprint density at radius 1 is 1.41 bits per heavy atom. The summed E-state index contributed by atoms with van der Waals surface area (Å²) in [6.07, 6.45) is 3.81. The van der Waals surface area contributed by atoms with Crippen LogP contribution in [0.5, 0.6) is 0 Å². The summed E-state index contributed by atoms with van der Waals surface area (Å²) in [6, 6.07) is 6.04. The number of hydrogen-bond donors (Lipinski definition) is 0. The van der Waals surface area contributed by atoms with Crippen LogP contribution in [0.4, 0.5) is 5.69 Å². The number of piperidine rings is 1. The summed E-state index contributed by atoms with van der Waals surface area (Å²) in [5.41, 5.74) is 3.06. The van der Waals surface area contributed by atoms with E-state index in [-0.39, 0.29) is 11.5 Å². The molecular weight excluding hydrogens is 272 g/mol. The van der Waals surface area contributed by atoms with E-state index < -0.39 is 0 Å². The van der Waals surface area contributed by atoms with Crippen LogP contribution in [-0.4, -0.2) is 36.5 Å². The van der Waals surface area contributed by atoms with Crippen LogP contribution in [0.25, 0.3) is 0 Å². The van der Waals surface area contributed by atoms with Crippen molar-refractivity contribution in [2.75, 3.05) is 13.1 Å². The first-order chi connectivity index (χ1) is 10.5. The fourth-order valence-corrected chi connectivity index (χ4v) is 4.49. The molecule has 2 bridgehead atoms. The van der Waals surface area contributed by atoms with Gasteiger partial charge in [-0.1, -0.05) is 13.8 Å². The van der Waals surface area contributed by atoms with E-state index in [2.05, 4.69) is 36.5 Å². The zero-order valence-corrected chi connectivity index (χ0v) is 13.5. The largest absolute Gasteiger partial charge is 0.293 e. The van der Waals surface area contributed by atoms with Gasteiger partial charge in [-0.25, -0.2) is 0 Å². The van der Waals surface area contributed by atoms with E-state index in [1.807, 2.05) is 12.1 Å². The summed E-state index contributed by atoms with van der Waals surface area (Å²) in [5, 5.41) is 0. The molecular formula is C19H24N2O. The van der Waals surface area contributed by atoms with E-state index >= 15 is 0 Å². The van der Waals surface area contributed by atoms with Crippen molar-refractivity contribution in [3.8, 4) is 0 Å². The van der Waals surface area contributed by atoms with Gasteiger partial charge in [-0.15, -0.1) is 0 Å². The summed E-state index contributed by atoms with van der Waals surface area (Å²) in [6.45, 7) is 10.4. The lowest BCUT2D eigenvalue weighted by Crippen LogP contribution is -2.61. The number of ketones is 1. The van der Waals surface area contributed by atoms with Crippen molar-refractivity contribution >= 4 is 18.2 Å². The van der Waals surface area contributed by atoms with E-state index in [9.17, 15) is 4.79 Å². The second-order valence-electron chi connectivity index (χ2n) is 7.59. The smallest absolute Gasteiger partial charge is 0.180 e. The summed E-state index contributed by atoms with van der Waals surface area (Å²) in [5.74, 6) is 1.51. The van der Waals surface area contributed by atoms with Crippen LogP contribution in [-0.2, 0) is 5.41 Å². The van der Waals surface area contributed by atoms with Gasteiger partial charge in [-0.3, -0.25) is 14.7 Å². The highest BCUT2D eigenvalue weighted by molar-refractivity contribution is 6.04. The number of carbonyl (C=O) groups is 1. The first kappa shape index (κ1) is 14.1. The second-order valence-corrected chi connectivity index (χ2v) is 7.59. The fourth-order valence-electron chi connectivity index (χ4n) is 4.49. The third-order valence-corrected chi connectivity index (χ3v) is 6.32. The molecule has 3 nitrogen and oxygen atoms in total. The zero-order valence-electron chi connectivity index (χ0n) is 13.5. The highest BCUT2D eigenvalue weighted by Crippen LogP contribution is 2.50. The van der Waals surface area contributed by atoms with Gasteiger partial charge < -0.3 is 0 Å². The molecule has 0 spiro atoms. The molecule has 1 aromatic carbocycles. The standard InChI is InChI=1S/C19H24N2O/c1-12-17-18(22)15-7-6-14(20-3)10-16(15)19(12,2)8-9-21(17)11-13-4-5-13/h6-7,10,12-13,17H,3-5,8-9,11H2,1-2H3/t12-,17?,19+/m0/s1. The average Bonchev–Trinajstić information content (AvgIpc) is 3.33. The Balaban J connectivity index is 1.79. The van der Waals surface area contributed by atoms with Crippen molar-refractivity contribution in [1.82, 2.24) is 4.90 Å². The zero-order chi connectivity index (χ0) is 15.5. The van der Waals surface area contributed by atoms with E-state index in [4.69, 9.17) is 0 Å². The summed E-state index contributed by atoms with van der Waals surface area (Å²) in [7, 11) is 0. The maximum atomic E-state index is 13.1. The molecule has 0 aromatic heterocycles. The minimum Gasteiger partial charge on any atom is -0.293 e. The van der Waals surface area contributed by atoms with Crippen molar-refractivity contribution in [1.29, 1.82) is 0 Å². The number of hydrogen-bond acceptors (Lipinski definition) is 3. The third-order valence-electron chi connectivity index (χ3n) is 6.32. The van der Waals surface area contributed by atoms with E-state index in [0.717, 1.165) is 36.7 Å². The molecule has 3 atom stereocenters. The number of benzene rings is 1. The molecule has 1 saturated heterocycles. The summed E-state index contributed by atoms with van der Waals surface area (Å²) in [4.78, 5) is 19.6. The molecule has 0 amide bonds. The molecule has 116 valence electrons. The Hall–Kier alpha value is -1.48. The highest BCUT2D eigenvalue weighted by Gasteiger charge is 2.52. The maximum absolute atomic E-state index is 13.1. The Morgan fingerprint density at radius 3 is 2.86 bits per heavy atom. The lowest BCUT2D eigenvalue weighted by Gasteiger charge is -2.53. The van der Waals surface area contributed by atoms with Gasteiger partial charge in [0.1, 0.15) is 0 Å². The third kappa shape index (κ3) is 1.91. The van der Waals surface area contributed by atoms with Crippen molar-refractivity contribution in [2.45, 2.75) is 44.6 Å². The Kier molecular flexibility index (Phi) is 3.06. The lowest BCUT2D eigenvalue weighted by molar-refractivity contribution is 0.0266. The normalized spacial score (nSPS) is 34.4. The van der Waals surface area contributed by atoms with Gasteiger partial charge in [0.05, 0.1) is 11.7 Å². The van der Waals surface area contributed by atoms with E-state index in [1.54, 1.807) is 0 Å². The summed E-state index contributed by atoms with van der Waals surface area (Å²) < 4.78 is 0. The minimum atomic E-state index is 0.0643. The SMILES string of the molecule is C=Nc1ccc2c(c1)[C@]1(C)CCN(CC3CC3)C(C2=O)[C@@H]1C. The molecule has 0 N–H and O–H groups in total. The van der Waals surface area contributed by atoms with Crippen molar-refractivity contribution < 1.29 is 4.79 Å². The molecule has 1 unspecified atom stereocenters. The number of fused-ring (bicyclic) bond motifs is 4. The monoisotopic (exact) mass is 296 g/mol. The van der Waals surface area contributed by atoms with Crippen LogP contribution in [0.1, 0.15) is 49.0 Å². The van der Waals surface area contributed by atoms with Gasteiger partial charge in [0.2, 0.25) is 0 Å². The van der Waals surface area contributed by atoms with E-state index in [0.29, 0.717) is 11.7 Å². The predicted octanol–water partition coefficient (Wildman–Crippen LogP) is 3.59. The number of carbonyl (C=O) groups excluding carboxylic acids is 1. The molecule has 0 radical (unpaired) electrons. The fraction of sp³-hybridized carbons (Fsp3) is 0.579. The first-order valence-corrected chi connectivity index (χ1v) is 8.44. The second kappa shape index (κ2) is 4.76. The number of nitrogens with zero attached hydrogens (tertiary/aromatic N) is 2. The molecule has 1 saturated carbocycles. The van der Waals surface area contributed by atoms with Gasteiger partial charge in [-0.05, 0) is 73.5 Å². The molecule has 1 aromatic rings. The number of Topliss-reactive ketones (excluding diaryl/α,β-unsaturated/α-hetero) is 1. The van der Waals surface area contributed by atoms with Crippen LogP contribution in [0, 0.1) is 11.8 Å². The number of aliphatic imine (C=N–C) groups is 1. The molecule has 2 aliphatic carbocycles. The Bertz CT molecular complexity index is 649. The maximum Gasteiger partial charge on any atom is 0.180 e. The topological polar surface area (TPSA) is 32.7 Å². The average molecular weight is 296 g/mol. The van der Waals surface area contributed by atoms with Gasteiger partial charge >= 0.3 is 0 Å². The van der Waals surface area contributed by atoms with Crippen LogP contribution >= 0.6 is 0 Å². The molecule has 3 heteroatoms. The van der Waals surface area contributed by atoms with Crippen LogP contribution in [0.3, 0.4) is 0 Å². The molecule has 4 rings (SSSR count). The Labute approximate surface area is 132 Å². The minimum absolute atomic E-state index is 0.0643. The van der Waals surface area contributed by atoms with Gasteiger partial charge in [0.15, 0.2) is 5.78 Å². The van der Waals surface area contributed by atoms with Gasteiger partial charge in [0.25, 0.3) is 0 Å². The van der Waals surface area contributed by atoms with E-state index in [1.165, 1.54) is 18.4 Å². The van der Waals surface area contributed by atoms with Crippen molar-refractivity contribution in [3.63, 3.8) is 0 Å². The quantitative estimate of drug-likeness (QED) is 0.798. The molecule has 1 heterocycles. The van der Waals surface area contributed by atoms with Gasteiger partial charge in [0, 0.05) is 12.1 Å². The predicted molar refractivity (Wildman–Crippen MR) is 89.2 cm³/mol. The van der Waals surface area contributed by atoms with Gasteiger partial charge in [-0.2, -0.15) is 0 Å². The van der Waals surface area contributed by atoms with Crippen molar-refractivity contribution in [2.24, 2.45) is 16.8 Å². The van der Waals surface area contributed by atoms with Crippen LogP contribution < -0.4 is 0 Å². The molecule has 1 aliphatic heterocycles. The lowest BCUT2D eigenvalue weighted by atomic mass is 9.58. The van der Waals surface area contributed by atoms with Crippen LogP contribution in [0.2, 0.25) is 0 Å². The molecule has 2 fully saturated rings. The van der Waals surface area contributed by atoms with Crippen molar-refractivity contribution in [3.05, 3.63) is 29.3 Å².